The van der Waals surface area contributed by atoms with Crippen LogP contribution in [0.2, 0.25) is 0 Å². The minimum absolute atomic E-state index is 0.284. The quantitative estimate of drug-likeness (QED) is 0.188. The van der Waals surface area contributed by atoms with Crippen molar-refractivity contribution in [2.24, 2.45) is 0 Å². The topological polar surface area (TPSA) is 67.0 Å². The van der Waals surface area contributed by atoms with Crippen molar-refractivity contribution in [1.29, 1.82) is 5.26 Å². The highest BCUT2D eigenvalue weighted by Crippen LogP contribution is 2.54. The van der Waals surface area contributed by atoms with E-state index in [0.717, 1.165) is 52.9 Å². The van der Waals surface area contributed by atoms with Gasteiger partial charge in [0.1, 0.15) is 11.6 Å². The molecule has 0 unspecified atom stereocenters. The van der Waals surface area contributed by atoms with Crippen LogP contribution in [0.15, 0.2) is 84.9 Å². The number of halogens is 2. The van der Waals surface area contributed by atoms with E-state index in [1.807, 2.05) is 42.5 Å². The third-order valence-electron chi connectivity index (χ3n) is 8.62. The van der Waals surface area contributed by atoms with E-state index in [2.05, 4.69) is 16.0 Å². The molecule has 5 aromatic rings. The van der Waals surface area contributed by atoms with Gasteiger partial charge in [0.05, 0.1) is 29.9 Å². The summed E-state index contributed by atoms with van der Waals surface area (Å²) >= 11 is 0. The van der Waals surface area contributed by atoms with Gasteiger partial charge in [0.25, 0.3) is 0 Å². The van der Waals surface area contributed by atoms with Gasteiger partial charge in [-0.15, -0.1) is 0 Å². The number of aromatic nitrogens is 1. The number of ether oxygens (including phenoxy) is 1. The predicted molar refractivity (Wildman–Crippen MR) is 164 cm³/mol. The normalized spacial score (nSPS) is 13.7. The molecule has 0 saturated heterocycles. The highest BCUT2D eigenvalue weighted by molar-refractivity contribution is 6.07. The molecule has 1 N–H and O–H groups in total. The Morgan fingerprint density at radius 2 is 1.72 bits per heavy atom. The van der Waals surface area contributed by atoms with Crippen molar-refractivity contribution in [2.45, 2.75) is 44.6 Å². The van der Waals surface area contributed by atoms with E-state index in [-0.39, 0.29) is 12.2 Å². The molecule has 1 aliphatic carbocycles. The number of carbonyl (C=O) groups is 1. The summed E-state index contributed by atoms with van der Waals surface area (Å²) < 4.78 is 37.4. The number of benzene rings is 4. The summed E-state index contributed by atoms with van der Waals surface area (Å²) in [5, 5.41) is 14.0. The second-order valence-electron chi connectivity index (χ2n) is 11.2. The molecule has 7 heteroatoms. The largest absolute Gasteiger partial charge is 0.465 e. The number of hydrogen-bond acceptors (Lipinski definition) is 4. The van der Waals surface area contributed by atoms with E-state index >= 15 is 4.39 Å². The van der Waals surface area contributed by atoms with Gasteiger partial charge in [0.2, 0.25) is 0 Å². The van der Waals surface area contributed by atoms with E-state index < -0.39 is 17.2 Å². The first-order valence-corrected chi connectivity index (χ1v) is 14.3. The Bertz CT molecular complexity index is 1870. The van der Waals surface area contributed by atoms with E-state index in [1.165, 1.54) is 19.2 Å². The zero-order chi connectivity index (χ0) is 30.1. The van der Waals surface area contributed by atoms with Gasteiger partial charge in [0, 0.05) is 40.7 Å². The van der Waals surface area contributed by atoms with Crippen LogP contribution >= 0.6 is 0 Å². The molecule has 0 amide bonds. The second-order valence-corrected chi connectivity index (χ2v) is 11.2. The molecule has 1 aromatic heterocycles. The highest BCUT2D eigenvalue weighted by Gasteiger charge is 2.44. The first-order valence-electron chi connectivity index (χ1n) is 14.3. The number of carbonyl (C=O) groups excluding carboxylic acids is 1. The van der Waals surface area contributed by atoms with E-state index in [9.17, 15) is 14.4 Å². The first-order chi connectivity index (χ1) is 20.9. The van der Waals surface area contributed by atoms with Gasteiger partial charge in [-0.2, -0.15) is 5.26 Å². The van der Waals surface area contributed by atoms with Crippen LogP contribution in [-0.4, -0.2) is 17.6 Å². The average Bonchev–Trinajstić information content (AvgIpc) is 3.35. The summed E-state index contributed by atoms with van der Waals surface area (Å²) in [4.78, 5) is 12.3. The van der Waals surface area contributed by atoms with Crippen molar-refractivity contribution in [3.8, 4) is 22.9 Å². The van der Waals surface area contributed by atoms with Crippen molar-refractivity contribution < 1.29 is 18.3 Å². The highest BCUT2D eigenvalue weighted by atomic mass is 19.1. The monoisotopic (exact) mass is 575 g/mol. The van der Waals surface area contributed by atoms with Crippen molar-refractivity contribution >= 4 is 22.6 Å². The Balaban J connectivity index is 1.70. The van der Waals surface area contributed by atoms with Crippen molar-refractivity contribution in [3.05, 3.63) is 119 Å². The molecule has 6 rings (SSSR count). The Labute approximate surface area is 249 Å². The molecular formula is C36H31F2N3O2. The van der Waals surface area contributed by atoms with Crippen LogP contribution in [-0.2, 0) is 16.7 Å². The van der Waals surface area contributed by atoms with Crippen LogP contribution in [0.25, 0.3) is 27.7 Å². The molecule has 0 bridgehead atoms. The van der Waals surface area contributed by atoms with Crippen molar-refractivity contribution in [3.63, 3.8) is 0 Å². The molecule has 5 nitrogen and oxygen atoms in total. The van der Waals surface area contributed by atoms with E-state index in [4.69, 9.17) is 4.74 Å². The molecule has 0 radical (unpaired) electrons. The van der Waals surface area contributed by atoms with E-state index in [1.54, 1.807) is 37.3 Å². The van der Waals surface area contributed by atoms with Crippen LogP contribution < -0.4 is 5.32 Å². The number of fused-ring (bicyclic) bond motifs is 1. The summed E-state index contributed by atoms with van der Waals surface area (Å²) in [5.41, 5.74) is 5.68. The van der Waals surface area contributed by atoms with Crippen LogP contribution in [0.4, 0.5) is 14.5 Å². The number of hydrogen-bond donors (Lipinski definition) is 1. The maximum Gasteiger partial charge on any atom is 0.337 e. The smallest absolute Gasteiger partial charge is 0.337 e. The average molecular weight is 576 g/mol. The maximum absolute atomic E-state index is 15.9. The summed E-state index contributed by atoms with van der Waals surface area (Å²) in [6.45, 7) is 2.12. The van der Waals surface area contributed by atoms with Gasteiger partial charge in [-0.1, -0.05) is 48.9 Å². The SMILES string of the molecule is COC(=O)c1ccc(-c2c(C3(CC#N)CCC3)n(-c3ccc(F)c(C)c3)c3ccc(F)c(NCc4ccccc4)c23)cc1. The fraction of sp³-hybridized carbons (Fsp3) is 0.222. The minimum atomic E-state index is -0.487. The van der Waals surface area contributed by atoms with Crippen molar-refractivity contribution in [1.82, 2.24) is 4.57 Å². The molecule has 0 aliphatic heterocycles. The molecule has 43 heavy (non-hydrogen) atoms. The Morgan fingerprint density at radius 3 is 2.35 bits per heavy atom. The number of nitrogens with one attached hydrogen (secondary N) is 1. The fourth-order valence-corrected chi connectivity index (χ4v) is 6.28. The standard InChI is InChI=1S/C36H31F2N3O2/c1-23-21-27(13-14-28(23)37)41-30-16-15-29(38)33(40-22-24-7-4-3-5-8-24)32(30)31(34(41)36(19-20-39)17-6-18-36)25-9-11-26(12-10-25)35(42)43-2/h3-5,7-16,21,40H,6,17-19,22H2,1-2H3. The Morgan fingerprint density at radius 1 is 1.00 bits per heavy atom. The molecule has 1 aliphatic rings. The summed E-state index contributed by atoms with van der Waals surface area (Å²) in [7, 11) is 1.34. The number of anilines is 1. The minimum Gasteiger partial charge on any atom is -0.465 e. The number of aryl methyl sites for hydroxylation is 1. The fourth-order valence-electron chi connectivity index (χ4n) is 6.28. The third kappa shape index (κ3) is 4.93. The molecule has 1 heterocycles. The lowest BCUT2D eigenvalue weighted by Crippen LogP contribution is -2.36. The number of nitriles is 1. The molecule has 1 saturated carbocycles. The van der Waals surface area contributed by atoms with Crippen LogP contribution in [0.1, 0.15) is 52.9 Å². The number of nitrogens with zero attached hydrogens (tertiary/aromatic N) is 2. The molecule has 1 fully saturated rings. The predicted octanol–water partition coefficient (Wildman–Crippen LogP) is 8.62. The van der Waals surface area contributed by atoms with Gasteiger partial charge in [0.15, 0.2) is 0 Å². The lowest BCUT2D eigenvalue weighted by molar-refractivity contribution is 0.0600. The lowest BCUT2D eigenvalue weighted by Gasteiger charge is -2.42. The van der Waals surface area contributed by atoms with Gasteiger partial charge >= 0.3 is 5.97 Å². The van der Waals surface area contributed by atoms with Crippen LogP contribution in [0.5, 0.6) is 0 Å². The molecule has 4 aromatic carbocycles. The molecule has 0 atom stereocenters. The Hall–Kier alpha value is -4.96. The summed E-state index contributed by atoms with van der Waals surface area (Å²) in [5.74, 6) is -1.17. The van der Waals surface area contributed by atoms with Crippen molar-refractivity contribution in [2.75, 3.05) is 12.4 Å². The number of methoxy groups -OCH3 is 1. The second kappa shape index (κ2) is 11.4. The van der Waals surface area contributed by atoms with E-state index in [0.29, 0.717) is 28.7 Å². The summed E-state index contributed by atoms with van der Waals surface area (Å²) in [6.07, 6.45) is 2.82. The molecular weight excluding hydrogens is 544 g/mol. The zero-order valence-corrected chi connectivity index (χ0v) is 24.1. The van der Waals surface area contributed by atoms with Gasteiger partial charge in [-0.25, -0.2) is 13.6 Å². The van der Waals surface area contributed by atoms with Crippen LogP contribution in [0.3, 0.4) is 0 Å². The van der Waals surface area contributed by atoms with Gasteiger partial charge in [-0.3, -0.25) is 0 Å². The van der Waals surface area contributed by atoms with Gasteiger partial charge < -0.3 is 14.6 Å². The zero-order valence-electron chi connectivity index (χ0n) is 24.1. The first kappa shape index (κ1) is 28.2. The number of rotatable bonds is 8. The third-order valence-corrected chi connectivity index (χ3v) is 8.62. The molecule has 0 spiro atoms. The lowest BCUT2D eigenvalue weighted by atomic mass is 9.63. The van der Waals surface area contributed by atoms with Crippen LogP contribution in [0, 0.1) is 29.9 Å². The molecule has 216 valence electrons. The maximum atomic E-state index is 15.9. The summed E-state index contributed by atoms with van der Waals surface area (Å²) in [6, 6.07) is 27.4. The van der Waals surface area contributed by atoms with Gasteiger partial charge in [-0.05, 0) is 78.9 Å². The Kier molecular flexibility index (Phi) is 7.45. The number of esters is 1.